The van der Waals surface area contributed by atoms with Crippen LogP contribution in [0.25, 0.3) is 0 Å². The topological polar surface area (TPSA) is 67.2 Å². The van der Waals surface area contributed by atoms with E-state index in [1.54, 1.807) is 36.4 Å². The molecule has 2 aromatic carbocycles. The van der Waals surface area contributed by atoms with Crippen molar-refractivity contribution in [3.05, 3.63) is 52.0 Å². The number of nitrogen functional groups attached to an aromatic ring is 1. The number of carbonyl (C=O) groups is 1. The molecular weight excluding hydrogens is 321 g/mol. The van der Waals surface area contributed by atoms with Gasteiger partial charge in [-0.1, -0.05) is 36.2 Å². The Labute approximate surface area is 139 Å². The van der Waals surface area contributed by atoms with E-state index in [4.69, 9.17) is 28.9 Å². The van der Waals surface area contributed by atoms with E-state index in [0.717, 1.165) is 6.42 Å². The fourth-order valence-corrected chi connectivity index (χ4v) is 2.29. The highest BCUT2D eigenvalue weighted by atomic mass is 35.5. The van der Waals surface area contributed by atoms with E-state index in [2.05, 4.69) is 10.6 Å². The van der Waals surface area contributed by atoms with Crippen LogP contribution in [0.1, 0.15) is 23.7 Å². The van der Waals surface area contributed by atoms with Crippen LogP contribution in [0.4, 0.5) is 17.1 Å². The molecule has 2 aromatic rings. The molecule has 0 aliphatic heterocycles. The van der Waals surface area contributed by atoms with E-state index in [0.29, 0.717) is 39.2 Å². The minimum Gasteiger partial charge on any atom is -0.399 e. The molecule has 0 spiro atoms. The summed E-state index contributed by atoms with van der Waals surface area (Å²) in [6.45, 7) is 2.59. The molecule has 0 radical (unpaired) electrons. The number of hydrogen-bond acceptors (Lipinski definition) is 3. The summed E-state index contributed by atoms with van der Waals surface area (Å²) in [4.78, 5) is 12.3. The Morgan fingerprint density at radius 2 is 1.95 bits per heavy atom. The van der Waals surface area contributed by atoms with E-state index in [9.17, 15) is 4.79 Å². The van der Waals surface area contributed by atoms with Crippen molar-refractivity contribution in [1.29, 1.82) is 0 Å². The predicted molar refractivity (Wildman–Crippen MR) is 93.2 cm³/mol. The largest absolute Gasteiger partial charge is 0.399 e. The first-order valence-electron chi connectivity index (χ1n) is 6.91. The summed E-state index contributed by atoms with van der Waals surface area (Å²) < 4.78 is 0. The highest BCUT2D eigenvalue weighted by Crippen LogP contribution is 2.33. The van der Waals surface area contributed by atoms with Gasteiger partial charge in [0.2, 0.25) is 0 Å². The fraction of sp³-hybridized carbons (Fsp3) is 0.188. The molecule has 0 unspecified atom stereocenters. The van der Waals surface area contributed by atoms with Crippen molar-refractivity contribution < 1.29 is 4.79 Å². The minimum atomic E-state index is -0.185. The lowest BCUT2D eigenvalue weighted by Gasteiger charge is -2.14. The van der Waals surface area contributed by atoms with Crippen molar-refractivity contribution in [3.8, 4) is 0 Å². The van der Waals surface area contributed by atoms with Gasteiger partial charge in [-0.2, -0.15) is 0 Å². The zero-order valence-electron chi connectivity index (χ0n) is 12.1. The second kappa shape index (κ2) is 7.38. The molecule has 116 valence electrons. The molecule has 6 heteroatoms. The molecular formula is C16H17Cl2N3O. The van der Waals surface area contributed by atoms with Crippen molar-refractivity contribution in [3.63, 3.8) is 0 Å². The van der Waals surface area contributed by atoms with Gasteiger partial charge in [-0.25, -0.2) is 0 Å². The summed E-state index contributed by atoms with van der Waals surface area (Å²) in [6, 6.07) is 10.4. The van der Waals surface area contributed by atoms with E-state index in [1.165, 1.54) is 0 Å². The van der Waals surface area contributed by atoms with Gasteiger partial charge in [-0.15, -0.1) is 0 Å². The fourth-order valence-electron chi connectivity index (χ4n) is 1.94. The van der Waals surface area contributed by atoms with E-state index >= 15 is 0 Å². The van der Waals surface area contributed by atoms with Crippen LogP contribution in [-0.4, -0.2) is 12.5 Å². The Balaban J connectivity index is 2.34. The van der Waals surface area contributed by atoms with Crippen LogP contribution in [0.2, 0.25) is 10.0 Å². The van der Waals surface area contributed by atoms with E-state index in [-0.39, 0.29) is 5.91 Å². The zero-order valence-corrected chi connectivity index (χ0v) is 13.6. The lowest BCUT2D eigenvalue weighted by molar-refractivity contribution is 0.0954. The number of hydrogen-bond donors (Lipinski definition) is 3. The number of nitrogens with two attached hydrogens (primary N) is 1. The van der Waals surface area contributed by atoms with Crippen LogP contribution >= 0.6 is 23.2 Å². The zero-order chi connectivity index (χ0) is 16.1. The first-order valence-corrected chi connectivity index (χ1v) is 7.67. The summed E-state index contributed by atoms with van der Waals surface area (Å²) in [6.07, 6.45) is 0.858. The maximum absolute atomic E-state index is 12.3. The third kappa shape index (κ3) is 3.84. The van der Waals surface area contributed by atoms with Crippen LogP contribution in [-0.2, 0) is 0 Å². The van der Waals surface area contributed by atoms with Gasteiger partial charge in [0.1, 0.15) is 0 Å². The van der Waals surface area contributed by atoms with Crippen molar-refractivity contribution in [2.75, 3.05) is 17.6 Å². The van der Waals surface area contributed by atoms with Crippen molar-refractivity contribution in [1.82, 2.24) is 5.32 Å². The summed E-state index contributed by atoms with van der Waals surface area (Å²) in [5.41, 5.74) is 8.01. The lowest BCUT2D eigenvalue weighted by atomic mass is 10.1. The highest BCUT2D eigenvalue weighted by molar-refractivity contribution is 6.43. The standard InChI is InChI=1S/C16H17Cl2N3O/c1-2-8-20-16(22)11-9-10(19)6-7-13(11)21-14-5-3-4-12(17)15(14)18/h3-7,9,21H,2,8,19H2,1H3,(H,20,22). The molecule has 4 N–H and O–H groups in total. The number of benzene rings is 2. The highest BCUT2D eigenvalue weighted by Gasteiger charge is 2.13. The number of halogens is 2. The Hall–Kier alpha value is -1.91. The Kier molecular flexibility index (Phi) is 5.52. The summed E-state index contributed by atoms with van der Waals surface area (Å²) in [5.74, 6) is -0.185. The van der Waals surface area contributed by atoms with Gasteiger partial charge in [0.05, 0.1) is 27.0 Å². The van der Waals surface area contributed by atoms with Gasteiger partial charge in [0.25, 0.3) is 5.91 Å². The van der Waals surface area contributed by atoms with Crippen LogP contribution in [0.15, 0.2) is 36.4 Å². The predicted octanol–water partition coefficient (Wildman–Crippen LogP) is 4.46. The van der Waals surface area contributed by atoms with Gasteiger partial charge in [0.15, 0.2) is 0 Å². The normalized spacial score (nSPS) is 10.3. The second-order valence-electron chi connectivity index (χ2n) is 4.79. The number of rotatable bonds is 5. The Bertz CT molecular complexity index is 689. The second-order valence-corrected chi connectivity index (χ2v) is 5.57. The van der Waals surface area contributed by atoms with E-state index < -0.39 is 0 Å². The molecule has 0 atom stereocenters. The number of amides is 1. The van der Waals surface area contributed by atoms with E-state index in [1.807, 2.05) is 6.92 Å². The van der Waals surface area contributed by atoms with Crippen molar-refractivity contribution in [2.24, 2.45) is 0 Å². The summed E-state index contributed by atoms with van der Waals surface area (Å²) >= 11 is 12.2. The molecule has 1 amide bonds. The lowest BCUT2D eigenvalue weighted by Crippen LogP contribution is -2.25. The van der Waals surface area contributed by atoms with Crippen molar-refractivity contribution >= 4 is 46.2 Å². The Morgan fingerprint density at radius 1 is 1.18 bits per heavy atom. The average molecular weight is 338 g/mol. The third-order valence-corrected chi connectivity index (χ3v) is 3.86. The molecule has 0 aliphatic carbocycles. The van der Waals surface area contributed by atoms with Crippen LogP contribution in [0, 0.1) is 0 Å². The smallest absolute Gasteiger partial charge is 0.253 e. The van der Waals surface area contributed by atoms with Gasteiger partial charge in [-0.05, 0) is 36.8 Å². The van der Waals surface area contributed by atoms with Crippen molar-refractivity contribution in [2.45, 2.75) is 13.3 Å². The number of nitrogens with one attached hydrogen (secondary N) is 2. The SMILES string of the molecule is CCCNC(=O)c1cc(N)ccc1Nc1cccc(Cl)c1Cl. The average Bonchev–Trinajstić information content (AvgIpc) is 2.51. The van der Waals surface area contributed by atoms with Gasteiger partial charge < -0.3 is 16.4 Å². The molecule has 0 aromatic heterocycles. The molecule has 0 aliphatic rings. The monoisotopic (exact) mass is 337 g/mol. The number of carbonyl (C=O) groups excluding carboxylic acids is 1. The summed E-state index contributed by atoms with van der Waals surface area (Å²) in [7, 11) is 0. The Morgan fingerprint density at radius 3 is 2.68 bits per heavy atom. The molecule has 0 saturated heterocycles. The molecule has 22 heavy (non-hydrogen) atoms. The first kappa shape index (κ1) is 16.5. The van der Waals surface area contributed by atoms with Gasteiger partial charge >= 0.3 is 0 Å². The van der Waals surface area contributed by atoms with Crippen LogP contribution in [0.5, 0.6) is 0 Å². The minimum absolute atomic E-state index is 0.185. The third-order valence-electron chi connectivity index (χ3n) is 3.04. The first-order chi connectivity index (χ1) is 10.5. The van der Waals surface area contributed by atoms with Crippen LogP contribution in [0.3, 0.4) is 0 Å². The molecule has 4 nitrogen and oxygen atoms in total. The number of anilines is 3. The molecule has 2 rings (SSSR count). The van der Waals surface area contributed by atoms with Gasteiger partial charge in [0, 0.05) is 12.2 Å². The summed E-state index contributed by atoms with van der Waals surface area (Å²) in [5, 5.41) is 6.82. The van der Waals surface area contributed by atoms with Crippen LogP contribution < -0.4 is 16.4 Å². The maximum Gasteiger partial charge on any atom is 0.253 e. The molecule has 0 heterocycles. The molecule has 0 bridgehead atoms. The molecule has 0 fully saturated rings. The van der Waals surface area contributed by atoms with Gasteiger partial charge in [-0.3, -0.25) is 4.79 Å². The molecule has 0 saturated carbocycles. The quantitative estimate of drug-likeness (QED) is 0.705. The maximum atomic E-state index is 12.3.